The van der Waals surface area contributed by atoms with E-state index in [2.05, 4.69) is 19.2 Å². The highest BCUT2D eigenvalue weighted by Gasteiger charge is 2.14. The fourth-order valence-corrected chi connectivity index (χ4v) is 1.17. The van der Waals surface area contributed by atoms with Crippen molar-refractivity contribution in [2.24, 2.45) is 5.92 Å². The molecule has 60 valence electrons. The minimum atomic E-state index is -0.250. The number of nitrogens with one attached hydrogen (secondary N) is 1. The summed E-state index contributed by atoms with van der Waals surface area (Å²) < 4.78 is 0. The van der Waals surface area contributed by atoms with E-state index in [1.54, 1.807) is 0 Å². The molecule has 2 N–H and O–H groups in total. The van der Waals surface area contributed by atoms with Gasteiger partial charge in [0.15, 0.2) is 0 Å². The number of carboxylic acid groups (broad SMARTS) is 1. The van der Waals surface area contributed by atoms with Gasteiger partial charge < -0.3 is 10.4 Å². The van der Waals surface area contributed by atoms with Gasteiger partial charge in [0.2, 0.25) is 0 Å². The molecule has 3 nitrogen and oxygen atoms in total. The van der Waals surface area contributed by atoms with Crippen LogP contribution in [0.1, 0.15) is 20.3 Å². The van der Waals surface area contributed by atoms with E-state index in [9.17, 15) is 0 Å². The predicted molar refractivity (Wildman–Crippen MR) is 39.9 cm³/mol. The third-order valence-corrected chi connectivity index (χ3v) is 1.57. The van der Waals surface area contributed by atoms with Crippen LogP contribution in [-0.2, 0) is 4.79 Å². The summed E-state index contributed by atoms with van der Waals surface area (Å²) in [6, 6.07) is 0.773. The van der Waals surface area contributed by atoms with Gasteiger partial charge in [0.25, 0.3) is 6.47 Å². The molecule has 0 spiro atoms. The zero-order chi connectivity index (χ0) is 7.98. The maximum atomic E-state index is 8.36. The van der Waals surface area contributed by atoms with E-state index < -0.39 is 0 Å². The van der Waals surface area contributed by atoms with Gasteiger partial charge in [0, 0.05) is 6.04 Å². The maximum absolute atomic E-state index is 8.36. The van der Waals surface area contributed by atoms with Gasteiger partial charge >= 0.3 is 0 Å². The first-order valence-corrected chi connectivity index (χ1v) is 3.52. The molecule has 0 aromatic heterocycles. The van der Waals surface area contributed by atoms with Crippen LogP contribution in [0, 0.1) is 5.92 Å². The lowest BCUT2D eigenvalue weighted by molar-refractivity contribution is -0.122. The Morgan fingerprint density at radius 3 is 2.20 bits per heavy atom. The van der Waals surface area contributed by atoms with Gasteiger partial charge in [-0.1, -0.05) is 6.92 Å². The molecule has 1 saturated heterocycles. The van der Waals surface area contributed by atoms with Crippen molar-refractivity contribution in [3.8, 4) is 0 Å². The van der Waals surface area contributed by atoms with Crippen LogP contribution < -0.4 is 5.32 Å². The van der Waals surface area contributed by atoms with Crippen molar-refractivity contribution in [2.45, 2.75) is 26.3 Å². The van der Waals surface area contributed by atoms with Crippen molar-refractivity contribution in [1.29, 1.82) is 0 Å². The van der Waals surface area contributed by atoms with E-state index in [1.165, 1.54) is 13.0 Å². The normalized spacial score (nSPS) is 30.6. The van der Waals surface area contributed by atoms with E-state index >= 15 is 0 Å². The average molecular weight is 145 g/mol. The second-order valence-corrected chi connectivity index (χ2v) is 2.76. The van der Waals surface area contributed by atoms with Gasteiger partial charge in [-0.2, -0.15) is 0 Å². The first-order valence-electron chi connectivity index (χ1n) is 3.52. The summed E-state index contributed by atoms with van der Waals surface area (Å²) in [4.78, 5) is 8.36. The van der Waals surface area contributed by atoms with Crippen molar-refractivity contribution in [1.82, 2.24) is 5.32 Å². The zero-order valence-electron chi connectivity index (χ0n) is 6.50. The van der Waals surface area contributed by atoms with Crippen LogP contribution in [0.3, 0.4) is 0 Å². The van der Waals surface area contributed by atoms with Gasteiger partial charge in [-0.3, -0.25) is 4.79 Å². The number of carbonyl (C=O) groups is 1. The Bertz CT molecular complexity index is 87.6. The summed E-state index contributed by atoms with van der Waals surface area (Å²) in [7, 11) is 0. The number of rotatable bonds is 0. The Balaban J connectivity index is 0.000000236. The first-order chi connectivity index (χ1) is 4.70. The lowest BCUT2D eigenvalue weighted by Gasteiger charge is -1.96. The molecule has 1 aliphatic heterocycles. The van der Waals surface area contributed by atoms with Crippen molar-refractivity contribution in [2.75, 3.05) is 6.54 Å². The molecular weight excluding hydrogens is 130 g/mol. The van der Waals surface area contributed by atoms with Gasteiger partial charge in [0.05, 0.1) is 0 Å². The van der Waals surface area contributed by atoms with Crippen molar-refractivity contribution in [3.05, 3.63) is 0 Å². The second-order valence-electron chi connectivity index (χ2n) is 2.76. The minimum Gasteiger partial charge on any atom is -0.483 e. The molecule has 0 radical (unpaired) electrons. The van der Waals surface area contributed by atoms with Crippen LogP contribution in [-0.4, -0.2) is 24.2 Å². The highest BCUT2D eigenvalue weighted by atomic mass is 16.3. The molecule has 0 bridgehead atoms. The third-order valence-electron chi connectivity index (χ3n) is 1.57. The zero-order valence-corrected chi connectivity index (χ0v) is 6.50. The lowest BCUT2D eigenvalue weighted by Crippen LogP contribution is -2.16. The molecule has 0 aromatic rings. The van der Waals surface area contributed by atoms with Crippen molar-refractivity contribution >= 4 is 6.47 Å². The van der Waals surface area contributed by atoms with Crippen molar-refractivity contribution < 1.29 is 9.90 Å². The average Bonchev–Trinajstić information content (AvgIpc) is 2.17. The molecule has 1 rings (SSSR count). The monoisotopic (exact) mass is 145 g/mol. The Hall–Kier alpha value is -0.570. The van der Waals surface area contributed by atoms with E-state index in [4.69, 9.17) is 9.90 Å². The van der Waals surface area contributed by atoms with Crippen LogP contribution in [0.2, 0.25) is 0 Å². The summed E-state index contributed by atoms with van der Waals surface area (Å²) in [5, 5.41) is 10.3. The molecule has 1 aliphatic rings. The summed E-state index contributed by atoms with van der Waals surface area (Å²) in [5.41, 5.74) is 0. The Labute approximate surface area is 61.4 Å². The Morgan fingerprint density at radius 2 is 2.10 bits per heavy atom. The smallest absolute Gasteiger partial charge is 0.290 e. The molecular formula is C7H15NO2. The SMILES string of the molecule is C[C@@H]1CN[C@H](C)C1.O=CO. The molecule has 2 atom stereocenters. The maximum Gasteiger partial charge on any atom is 0.290 e. The van der Waals surface area contributed by atoms with Gasteiger partial charge in [-0.25, -0.2) is 0 Å². The van der Waals surface area contributed by atoms with E-state index in [1.807, 2.05) is 0 Å². The first kappa shape index (κ1) is 9.43. The lowest BCUT2D eigenvalue weighted by atomic mass is 10.1. The van der Waals surface area contributed by atoms with Crippen LogP contribution in [0.15, 0.2) is 0 Å². The highest BCUT2D eigenvalue weighted by Crippen LogP contribution is 2.10. The topological polar surface area (TPSA) is 49.3 Å². The molecule has 0 aliphatic carbocycles. The molecule has 0 amide bonds. The third kappa shape index (κ3) is 4.32. The Morgan fingerprint density at radius 1 is 1.60 bits per heavy atom. The molecule has 3 heteroatoms. The van der Waals surface area contributed by atoms with E-state index in [0.29, 0.717) is 0 Å². The summed E-state index contributed by atoms with van der Waals surface area (Å²) >= 11 is 0. The predicted octanol–water partition coefficient (Wildman–Crippen LogP) is 0.705. The van der Waals surface area contributed by atoms with Gasteiger partial charge in [-0.05, 0) is 25.8 Å². The quantitative estimate of drug-likeness (QED) is 0.493. The van der Waals surface area contributed by atoms with Crippen LogP contribution in [0.4, 0.5) is 0 Å². The summed E-state index contributed by atoms with van der Waals surface area (Å²) in [5.74, 6) is 0.912. The van der Waals surface area contributed by atoms with Gasteiger partial charge in [-0.15, -0.1) is 0 Å². The summed E-state index contributed by atoms with van der Waals surface area (Å²) in [6.45, 7) is 5.50. The van der Waals surface area contributed by atoms with Crippen LogP contribution in [0.5, 0.6) is 0 Å². The standard InChI is InChI=1S/C6H13N.CH2O2/c1-5-3-6(2)7-4-5;2-1-3/h5-7H,3-4H2,1-2H3;1H,(H,2,3)/t5-,6+;/m0./s1. The second kappa shape index (κ2) is 5.23. The molecule has 0 aromatic carbocycles. The van der Waals surface area contributed by atoms with Crippen LogP contribution in [0.25, 0.3) is 0 Å². The van der Waals surface area contributed by atoms with E-state index in [-0.39, 0.29) is 6.47 Å². The molecule has 0 unspecified atom stereocenters. The molecule has 10 heavy (non-hydrogen) atoms. The largest absolute Gasteiger partial charge is 0.483 e. The highest BCUT2D eigenvalue weighted by molar-refractivity contribution is 5.32. The Kier molecular flexibility index (Phi) is 4.94. The fourth-order valence-electron chi connectivity index (χ4n) is 1.17. The number of hydrogen-bond donors (Lipinski definition) is 2. The molecule has 1 fully saturated rings. The molecule has 0 saturated carbocycles. The fraction of sp³-hybridized carbons (Fsp3) is 0.857. The van der Waals surface area contributed by atoms with Crippen molar-refractivity contribution in [3.63, 3.8) is 0 Å². The summed E-state index contributed by atoms with van der Waals surface area (Å²) in [6.07, 6.45) is 1.36. The van der Waals surface area contributed by atoms with Gasteiger partial charge in [0.1, 0.15) is 0 Å². The van der Waals surface area contributed by atoms with E-state index in [0.717, 1.165) is 12.0 Å². The van der Waals surface area contributed by atoms with Crippen LogP contribution >= 0.6 is 0 Å². The molecule has 1 heterocycles. The minimum absolute atomic E-state index is 0.250. The number of hydrogen-bond acceptors (Lipinski definition) is 2.